The van der Waals surface area contributed by atoms with Crippen molar-refractivity contribution in [2.24, 2.45) is 0 Å². The Balaban J connectivity index is 2.21. The van der Waals surface area contributed by atoms with Gasteiger partial charge in [-0.2, -0.15) is 0 Å². The lowest BCUT2D eigenvalue weighted by Crippen LogP contribution is -2.34. The summed E-state index contributed by atoms with van der Waals surface area (Å²) in [5.74, 6) is -1.75. The van der Waals surface area contributed by atoms with Crippen LogP contribution in [-0.2, 0) is 4.79 Å². The fourth-order valence-corrected chi connectivity index (χ4v) is 2.28. The molecule has 4 N–H and O–H groups in total. The molecule has 0 aliphatic carbocycles. The first-order valence-corrected chi connectivity index (χ1v) is 6.25. The van der Waals surface area contributed by atoms with E-state index in [-0.39, 0.29) is 11.4 Å². The number of rotatable bonds is 4. The predicted molar refractivity (Wildman–Crippen MR) is 70.8 cm³/mol. The van der Waals surface area contributed by atoms with Crippen LogP contribution in [0.5, 0.6) is 0 Å². The summed E-state index contributed by atoms with van der Waals surface area (Å²) in [6.07, 6.45) is 1.42. The number of nitrogen functional groups attached to an aromatic ring is 1. The molecule has 0 radical (unpaired) electrons. The number of nitrogens with one attached hydrogen (secondary N) is 1. The number of nitrogens with zero attached hydrogens (tertiary/aromatic N) is 1. The van der Waals surface area contributed by atoms with Crippen LogP contribution in [0.2, 0.25) is 0 Å². The zero-order chi connectivity index (χ0) is 13.8. The third-order valence-corrected chi connectivity index (χ3v) is 3.34. The van der Waals surface area contributed by atoms with Gasteiger partial charge < -0.3 is 16.2 Å². The first kappa shape index (κ1) is 13.0. The molecule has 0 aliphatic rings. The number of aliphatic carboxylic acids is 1. The number of aromatic nitrogens is 1. The standard InChI is InChI=1S/C12H11N3O3S/c13-7-3-1-5-14-9(7)11(16)15-10(12(17)18)8-4-2-6-19-8/h1-6,10H,13H2,(H,15,16)(H,17,18). The van der Waals surface area contributed by atoms with Gasteiger partial charge in [-0.25, -0.2) is 9.78 Å². The zero-order valence-electron chi connectivity index (χ0n) is 9.74. The normalized spacial score (nSPS) is 11.8. The second-order valence-electron chi connectivity index (χ2n) is 3.70. The number of carbonyl (C=O) groups is 2. The minimum atomic E-state index is -1.13. The molecule has 2 heterocycles. The van der Waals surface area contributed by atoms with Gasteiger partial charge in [-0.1, -0.05) is 6.07 Å². The molecule has 98 valence electrons. The molecule has 1 atom stereocenters. The molecule has 0 saturated heterocycles. The molecular formula is C12H11N3O3S. The minimum absolute atomic E-state index is 0.0188. The highest BCUT2D eigenvalue weighted by atomic mass is 32.1. The van der Waals surface area contributed by atoms with Crippen LogP contribution in [0.25, 0.3) is 0 Å². The molecule has 0 spiro atoms. The molecule has 0 fully saturated rings. The summed E-state index contributed by atoms with van der Waals surface area (Å²) >= 11 is 1.25. The molecule has 0 bridgehead atoms. The van der Waals surface area contributed by atoms with Crippen molar-refractivity contribution in [1.82, 2.24) is 10.3 Å². The number of nitrogens with two attached hydrogens (primary N) is 1. The number of hydrogen-bond acceptors (Lipinski definition) is 5. The summed E-state index contributed by atoms with van der Waals surface area (Å²) in [6.45, 7) is 0. The lowest BCUT2D eigenvalue weighted by molar-refractivity contribution is -0.139. The minimum Gasteiger partial charge on any atom is -0.479 e. The van der Waals surface area contributed by atoms with E-state index < -0.39 is 17.9 Å². The van der Waals surface area contributed by atoms with E-state index in [1.165, 1.54) is 23.6 Å². The first-order valence-electron chi connectivity index (χ1n) is 5.37. The Morgan fingerprint density at radius 1 is 1.37 bits per heavy atom. The molecule has 2 aromatic heterocycles. The maximum Gasteiger partial charge on any atom is 0.331 e. The molecular weight excluding hydrogens is 266 g/mol. The first-order chi connectivity index (χ1) is 9.09. The number of carbonyl (C=O) groups excluding carboxylic acids is 1. The second kappa shape index (κ2) is 5.49. The number of amides is 1. The third-order valence-electron chi connectivity index (χ3n) is 2.40. The largest absolute Gasteiger partial charge is 0.479 e. The van der Waals surface area contributed by atoms with Gasteiger partial charge in [0, 0.05) is 11.1 Å². The highest BCUT2D eigenvalue weighted by Crippen LogP contribution is 2.20. The summed E-state index contributed by atoms with van der Waals surface area (Å²) in [7, 11) is 0. The Bertz CT molecular complexity index is 598. The molecule has 7 heteroatoms. The van der Waals surface area contributed by atoms with Gasteiger partial charge in [-0.15, -0.1) is 11.3 Å². The number of carboxylic acid groups (broad SMARTS) is 1. The Morgan fingerprint density at radius 2 is 2.16 bits per heavy atom. The van der Waals surface area contributed by atoms with Crippen LogP contribution in [-0.4, -0.2) is 22.0 Å². The Morgan fingerprint density at radius 3 is 2.74 bits per heavy atom. The SMILES string of the molecule is Nc1cccnc1C(=O)NC(C(=O)O)c1cccs1. The van der Waals surface area contributed by atoms with E-state index in [9.17, 15) is 9.59 Å². The van der Waals surface area contributed by atoms with E-state index in [2.05, 4.69) is 10.3 Å². The molecule has 6 nitrogen and oxygen atoms in total. The lowest BCUT2D eigenvalue weighted by atomic mass is 10.2. The monoisotopic (exact) mass is 277 g/mol. The van der Waals surface area contributed by atoms with Gasteiger partial charge in [0.05, 0.1) is 5.69 Å². The van der Waals surface area contributed by atoms with E-state index in [0.29, 0.717) is 4.88 Å². The van der Waals surface area contributed by atoms with Crippen LogP contribution in [0, 0.1) is 0 Å². The number of thiophene rings is 1. The van der Waals surface area contributed by atoms with Gasteiger partial charge in [-0.3, -0.25) is 4.79 Å². The fraction of sp³-hybridized carbons (Fsp3) is 0.0833. The molecule has 0 aromatic carbocycles. The number of anilines is 1. The van der Waals surface area contributed by atoms with Gasteiger partial charge in [0.2, 0.25) is 0 Å². The predicted octanol–water partition coefficient (Wildman–Crippen LogP) is 1.28. The fourth-order valence-electron chi connectivity index (χ4n) is 1.52. The van der Waals surface area contributed by atoms with Crippen molar-refractivity contribution in [2.45, 2.75) is 6.04 Å². The van der Waals surface area contributed by atoms with Crippen molar-refractivity contribution < 1.29 is 14.7 Å². The molecule has 2 rings (SSSR count). The summed E-state index contributed by atoms with van der Waals surface area (Å²) in [5, 5.41) is 13.3. The van der Waals surface area contributed by atoms with Gasteiger partial charge in [0.1, 0.15) is 0 Å². The van der Waals surface area contributed by atoms with Crippen LogP contribution in [0.15, 0.2) is 35.8 Å². The molecule has 2 aromatic rings. The quantitative estimate of drug-likeness (QED) is 0.780. The van der Waals surface area contributed by atoms with Crippen LogP contribution in [0.3, 0.4) is 0 Å². The maximum absolute atomic E-state index is 12.0. The summed E-state index contributed by atoms with van der Waals surface area (Å²) in [4.78, 5) is 27.5. The average Bonchev–Trinajstić information content (AvgIpc) is 2.89. The topological polar surface area (TPSA) is 105 Å². The van der Waals surface area contributed by atoms with Gasteiger partial charge in [0.15, 0.2) is 11.7 Å². The smallest absolute Gasteiger partial charge is 0.331 e. The van der Waals surface area contributed by atoms with Crippen LogP contribution in [0.1, 0.15) is 21.4 Å². The van der Waals surface area contributed by atoms with E-state index in [1.54, 1.807) is 23.6 Å². The van der Waals surface area contributed by atoms with E-state index in [4.69, 9.17) is 10.8 Å². The third kappa shape index (κ3) is 2.89. The molecule has 0 saturated carbocycles. The van der Waals surface area contributed by atoms with Gasteiger partial charge in [0.25, 0.3) is 5.91 Å². The van der Waals surface area contributed by atoms with E-state index in [1.807, 2.05) is 0 Å². The molecule has 1 unspecified atom stereocenters. The Kier molecular flexibility index (Phi) is 3.76. The van der Waals surface area contributed by atoms with Crippen molar-refractivity contribution in [1.29, 1.82) is 0 Å². The summed E-state index contributed by atoms with van der Waals surface area (Å²) in [5.41, 5.74) is 5.85. The number of pyridine rings is 1. The number of hydrogen-bond donors (Lipinski definition) is 3. The maximum atomic E-state index is 12.0. The zero-order valence-corrected chi connectivity index (χ0v) is 10.6. The second-order valence-corrected chi connectivity index (χ2v) is 4.68. The molecule has 1 amide bonds. The van der Waals surface area contributed by atoms with Crippen molar-refractivity contribution in [2.75, 3.05) is 5.73 Å². The highest BCUT2D eigenvalue weighted by molar-refractivity contribution is 7.10. The van der Waals surface area contributed by atoms with Gasteiger partial charge in [-0.05, 0) is 23.6 Å². The summed E-state index contributed by atoms with van der Waals surface area (Å²) < 4.78 is 0. The average molecular weight is 277 g/mol. The molecule has 19 heavy (non-hydrogen) atoms. The van der Waals surface area contributed by atoms with E-state index >= 15 is 0 Å². The summed E-state index contributed by atoms with van der Waals surface area (Å²) in [6, 6.07) is 5.39. The van der Waals surface area contributed by atoms with Crippen LogP contribution in [0.4, 0.5) is 5.69 Å². The van der Waals surface area contributed by atoms with Crippen LogP contribution < -0.4 is 11.1 Å². The highest BCUT2D eigenvalue weighted by Gasteiger charge is 2.24. The molecule has 0 aliphatic heterocycles. The van der Waals surface area contributed by atoms with Crippen molar-refractivity contribution in [3.8, 4) is 0 Å². The van der Waals surface area contributed by atoms with Crippen molar-refractivity contribution >= 4 is 28.9 Å². The lowest BCUT2D eigenvalue weighted by Gasteiger charge is -2.13. The number of carboxylic acids is 1. The van der Waals surface area contributed by atoms with Gasteiger partial charge >= 0.3 is 5.97 Å². The van der Waals surface area contributed by atoms with E-state index in [0.717, 1.165) is 0 Å². The van der Waals surface area contributed by atoms with Crippen molar-refractivity contribution in [3.63, 3.8) is 0 Å². The Labute approximate surface area is 112 Å². The van der Waals surface area contributed by atoms with Crippen molar-refractivity contribution in [3.05, 3.63) is 46.4 Å². The van der Waals surface area contributed by atoms with Crippen LogP contribution >= 0.6 is 11.3 Å². The Hall–Kier alpha value is -2.41.